The van der Waals surface area contributed by atoms with Crippen molar-refractivity contribution >= 4 is 22.6 Å². The highest BCUT2D eigenvalue weighted by Gasteiger charge is 2.08. The molecule has 3 rings (SSSR count). The van der Waals surface area contributed by atoms with E-state index in [2.05, 4.69) is 17.6 Å². The lowest BCUT2D eigenvalue weighted by molar-refractivity contribution is 0.0963. The molecule has 2 N–H and O–H groups in total. The molecule has 0 radical (unpaired) electrons. The summed E-state index contributed by atoms with van der Waals surface area (Å²) >= 11 is 0. The fourth-order valence-electron chi connectivity index (χ4n) is 2.75. The first kappa shape index (κ1) is 16.8. The second-order valence-electron chi connectivity index (χ2n) is 5.79. The molecule has 0 unspecified atom stereocenters. The van der Waals surface area contributed by atoms with Crippen molar-refractivity contribution in [3.8, 4) is 0 Å². The molecule has 0 saturated carbocycles. The Labute approximate surface area is 145 Å². The van der Waals surface area contributed by atoms with Crippen LogP contribution >= 0.6 is 0 Å². The molecule has 0 fully saturated rings. The quantitative estimate of drug-likeness (QED) is 0.701. The number of benzene rings is 2. The Morgan fingerprint density at radius 3 is 2.72 bits per heavy atom. The van der Waals surface area contributed by atoms with Gasteiger partial charge < -0.3 is 15.1 Å². The second-order valence-corrected chi connectivity index (χ2v) is 5.79. The third kappa shape index (κ3) is 3.71. The molecule has 3 aromatic rings. The van der Waals surface area contributed by atoms with Gasteiger partial charge in [0.25, 0.3) is 5.91 Å². The molecule has 0 aliphatic rings. The van der Waals surface area contributed by atoms with Crippen LogP contribution < -0.4 is 16.3 Å². The number of hydrogen-bond acceptors (Lipinski definition) is 4. The van der Waals surface area contributed by atoms with Crippen molar-refractivity contribution in [1.29, 1.82) is 0 Å². The molecule has 0 saturated heterocycles. The minimum atomic E-state index is -0.364. The molecule has 0 bridgehead atoms. The van der Waals surface area contributed by atoms with Crippen LogP contribution in [0.2, 0.25) is 0 Å². The van der Waals surface area contributed by atoms with Crippen molar-refractivity contribution in [1.82, 2.24) is 5.32 Å². The van der Waals surface area contributed by atoms with Crippen LogP contribution in [0.4, 0.5) is 5.69 Å². The van der Waals surface area contributed by atoms with Crippen molar-refractivity contribution in [2.45, 2.75) is 19.9 Å². The molecule has 1 aromatic heterocycles. The van der Waals surface area contributed by atoms with E-state index in [0.29, 0.717) is 17.7 Å². The summed E-state index contributed by atoms with van der Waals surface area (Å²) in [5.74, 6) is -0.137. The SMILES string of the molecule is CCc1ccc2c(CNc3cccc(C(=O)NC)c3)cc(=O)oc2c1. The predicted octanol–water partition coefficient (Wildman–Crippen LogP) is 3.33. The zero-order chi connectivity index (χ0) is 17.8. The zero-order valence-electron chi connectivity index (χ0n) is 14.3. The number of aryl methyl sites for hydroxylation is 1. The van der Waals surface area contributed by atoms with Gasteiger partial charge in [0.2, 0.25) is 0 Å². The number of carbonyl (C=O) groups excluding carboxylic acids is 1. The molecule has 2 aromatic carbocycles. The van der Waals surface area contributed by atoms with Crippen LogP contribution in [0.1, 0.15) is 28.4 Å². The molecule has 128 valence electrons. The van der Waals surface area contributed by atoms with Crippen LogP contribution in [-0.4, -0.2) is 13.0 Å². The maximum atomic E-state index is 11.9. The maximum absolute atomic E-state index is 11.9. The normalized spacial score (nSPS) is 10.6. The molecule has 1 heterocycles. The van der Waals surface area contributed by atoms with E-state index in [1.165, 1.54) is 6.07 Å². The van der Waals surface area contributed by atoms with Gasteiger partial charge in [0.1, 0.15) is 5.58 Å². The Kier molecular flexibility index (Phi) is 4.84. The molecular weight excluding hydrogens is 316 g/mol. The fraction of sp³-hybridized carbons (Fsp3) is 0.200. The van der Waals surface area contributed by atoms with Gasteiger partial charge in [0.05, 0.1) is 0 Å². The van der Waals surface area contributed by atoms with Crippen LogP contribution in [0.5, 0.6) is 0 Å². The highest BCUT2D eigenvalue weighted by molar-refractivity contribution is 5.94. The van der Waals surface area contributed by atoms with Gasteiger partial charge in [-0.25, -0.2) is 4.79 Å². The van der Waals surface area contributed by atoms with Gasteiger partial charge in [0.15, 0.2) is 0 Å². The van der Waals surface area contributed by atoms with Crippen LogP contribution in [0.15, 0.2) is 57.7 Å². The average Bonchev–Trinajstić information content (AvgIpc) is 2.64. The third-order valence-electron chi connectivity index (χ3n) is 4.14. The first-order valence-electron chi connectivity index (χ1n) is 8.22. The summed E-state index contributed by atoms with van der Waals surface area (Å²) in [4.78, 5) is 23.6. The monoisotopic (exact) mass is 336 g/mol. The first-order valence-corrected chi connectivity index (χ1v) is 8.22. The summed E-state index contributed by atoms with van der Waals surface area (Å²) in [6.07, 6.45) is 0.883. The van der Waals surface area contributed by atoms with E-state index >= 15 is 0 Å². The van der Waals surface area contributed by atoms with Crippen molar-refractivity contribution in [2.75, 3.05) is 12.4 Å². The summed E-state index contributed by atoms with van der Waals surface area (Å²) < 4.78 is 5.33. The van der Waals surface area contributed by atoms with Gasteiger partial charge >= 0.3 is 5.63 Å². The summed E-state index contributed by atoms with van der Waals surface area (Å²) in [5, 5.41) is 6.78. The van der Waals surface area contributed by atoms with Gasteiger partial charge in [-0.3, -0.25) is 4.79 Å². The number of rotatable bonds is 5. The number of carbonyl (C=O) groups is 1. The van der Waals surface area contributed by atoms with Gasteiger partial charge in [-0.05, 0) is 41.8 Å². The zero-order valence-corrected chi connectivity index (χ0v) is 14.3. The highest BCUT2D eigenvalue weighted by atomic mass is 16.4. The largest absolute Gasteiger partial charge is 0.423 e. The van der Waals surface area contributed by atoms with E-state index < -0.39 is 0 Å². The van der Waals surface area contributed by atoms with Gasteiger partial charge in [0, 0.05) is 36.3 Å². The van der Waals surface area contributed by atoms with Crippen LogP contribution in [-0.2, 0) is 13.0 Å². The van der Waals surface area contributed by atoms with E-state index in [0.717, 1.165) is 28.6 Å². The van der Waals surface area contributed by atoms with Crippen LogP contribution in [0, 0.1) is 0 Å². The van der Waals surface area contributed by atoms with Crippen LogP contribution in [0.25, 0.3) is 11.0 Å². The lowest BCUT2D eigenvalue weighted by atomic mass is 10.1. The van der Waals surface area contributed by atoms with Crippen molar-refractivity contribution in [3.05, 3.63) is 75.6 Å². The number of anilines is 1. The topological polar surface area (TPSA) is 71.3 Å². The number of fused-ring (bicyclic) bond motifs is 1. The molecule has 25 heavy (non-hydrogen) atoms. The first-order chi connectivity index (χ1) is 12.1. The Bertz CT molecular complexity index is 976. The summed E-state index contributed by atoms with van der Waals surface area (Å²) in [5.41, 5.74) is 3.61. The maximum Gasteiger partial charge on any atom is 0.336 e. The molecule has 1 amide bonds. The second kappa shape index (κ2) is 7.21. The minimum absolute atomic E-state index is 0.137. The van der Waals surface area contributed by atoms with Gasteiger partial charge in [-0.1, -0.05) is 25.1 Å². The van der Waals surface area contributed by atoms with Crippen LogP contribution in [0.3, 0.4) is 0 Å². The Morgan fingerprint density at radius 1 is 1.12 bits per heavy atom. The Hall–Kier alpha value is -3.08. The summed E-state index contributed by atoms with van der Waals surface area (Å²) in [6.45, 7) is 2.52. The van der Waals surface area contributed by atoms with Gasteiger partial charge in [-0.2, -0.15) is 0 Å². The fourth-order valence-corrected chi connectivity index (χ4v) is 2.75. The van der Waals surface area contributed by atoms with Crippen molar-refractivity contribution in [2.24, 2.45) is 0 Å². The number of hydrogen-bond donors (Lipinski definition) is 2. The minimum Gasteiger partial charge on any atom is -0.423 e. The van der Waals surface area contributed by atoms with Crippen molar-refractivity contribution in [3.63, 3.8) is 0 Å². The summed E-state index contributed by atoms with van der Waals surface area (Å²) in [7, 11) is 1.60. The smallest absolute Gasteiger partial charge is 0.336 e. The van der Waals surface area contributed by atoms with E-state index in [4.69, 9.17) is 4.42 Å². The molecule has 0 aliphatic heterocycles. The van der Waals surface area contributed by atoms with Crippen molar-refractivity contribution < 1.29 is 9.21 Å². The molecule has 0 spiro atoms. The predicted molar refractivity (Wildman–Crippen MR) is 99.0 cm³/mol. The third-order valence-corrected chi connectivity index (χ3v) is 4.14. The molecule has 0 atom stereocenters. The van der Waals surface area contributed by atoms with E-state index in [1.807, 2.05) is 30.3 Å². The van der Waals surface area contributed by atoms with E-state index in [-0.39, 0.29) is 11.5 Å². The van der Waals surface area contributed by atoms with E-state index in [1.54, 1.807) is 19.2 Å². The lowest BCUT2D eigenvalue weighted by Gasteiger charge is -2.10. The standard InChI is InChI=1S/C20H20N2O3/c1-3-13-7-8-17-15(11-19(23)25-18(17)9-13)12-22-16-6-4-5-14(10-16)20(24)21-2/h4-11,22H,3,12H2,1-2H3,(H,21,24). The molecule has 5 heteroatoms. The molecule has 5 nitrogen and oxygen atoms in total. The Balaban J connectivity index is 1.88. The number of nitrogens with one attached hydrogen (secondary N) is 2. The Morgan fingerprint density at radius 2 is 1.96 bits per heavy atom. The lowest BCUT2D eigenvalue weighted by Crippen LogP contribution is -2.17. The molecular formula is C20H20N2O3. The average molecular weight is 336 g/mol. The van der Waals surface area contributed by atoms with Gasteiger partial charge in [-0.15, -0.1) is 0 Å². The summed E-state index contributed by atoms with van der Waals surface area (Å²) in [6, 6.07) is 14.7. The molecule has 0 aliphatic carbocycles. The van der Waals surface area contributed by atoms with E-state index in [9.17, 15) is 9.59 Å². The number of amides is 1. The highest BCUT2D eigenvalue weighted by Crippen LogP contribution is 2.20.